The molecule has 2 aromatic carbocycles. The number of nitrogens with zero attached hydrogens (tertiary/aromatic N) is 5. The molecule has 1 aliphatic heterocycles. The van der Waals surface area contributed by atoms with Crippen molar-refractivity contribution in [3.8, 4) is 5.75 Å². The second-order valence-corrected chi connectivity index (χ2v) is 10.9. The molecule has 0 atom stereocenters. The van der Waals surface area contributed by atoms with E-state index in [2.05, 4.69) is 36.9 Å². The third-order valence-electron chi connectivity index (χ3n) is 6.45. The number of piperidine rings is 1. The molecule has 2 aromatic heterocycles. The van der Waals surface area contributed by atoms with Crippen molar-refractivity contribution in [2.45, 2.75) is 24.3 Å². The maximum absolute atomic E-state index is 13.0. The molecule has 3 heterocycles. The van der Waals surface area contributed by atoms with E-state index < -0.39 is 10.0 Å². The number of imidazole rings is 1. The minimum absolute atomic E-state index is 0.0490. The van der Waals surface area contributed by atoms with Crippen LogP contribution in [0.1, 0.15) is 18.4 Å². The number of benzene rings is 2. The Kier molecular flexibility index (Phi) is 6.50. The maximum Gasteiger partial charge on any atom is 0.282 e. The van der Waals surface area contributed by atoms with Crippen LogP contribution in [0.2, 0.25) is 0 Å². The van der Waals surface area contributed by atoms with E-state index in [-0.39, 0.29) is 22.4 Å². The Balaban J connectivity index is 1.51. The molecule has 1 fully saturated rings. The summed E-state index contributed by atoms with van der Waals surface area (Å²) in [5, 5.41) is 13.4. The van der Waals surface area contributed by atoms with Crippen molar-refractivity contribution in [2.24, 2.45) is 13.0 Å². The van der Waals surface area contributed by atoms with Crippen molar-refractivity contribution in [3.63, 3.8) is 0 Å². The lowest BCUT2D eigenvalue weighted by atomic mass is 9.89. The number of aromatic nitrogens is 4. The molecule has 5 rings (SSSR count). The summed E-state index contributed by atoms with van der Waals surface area (Å²) in [5.74, 6) is 0.918. The number of fused-ring (bicyclic) bond motifs is 1. The summed E-state index contributed by atoms with van der Waals surface area (Å²) in [5.41, 5.74) is 2.84. The first-order valence-electron chi connectivity index (χ1n) is 11.8. The minimum atomic E-state index is -4.00. The van der Waals surface area contributed by atoms with Crippen molar-refractivity contribution in [1.29, 1.82) is 0 Å². The number of phenolic OH excluding ortho intramolecular Hbond substituents is 1. The summed E-state index contributed by atoms with van der Waals surface area (Å²) in [6, 6.07) is 12.5. The highest BCUT2D eigenvalue weighted by atomic mass is 32.2. The van der Waals surface area contributed by atoms with Gasteiger partial charge in [-0.15, -0.1) is 0 Å². The van der Waals surface area contributed by atoms with E-state index >= 15 is 0 Å². The number of rotatable bonds is 7. The molecule has 0 amide bonds. The summed E-state index contributed by atoms with van der Waals surface area (Å²) in [4.78, 5) is 15.5. The van der Waals surface area contributed by atoms with Crippen molar-refractivity contribution < 1.29 is 13.5 Å². The summed E-state index contributed by atoms with van der Waals surface area (Å²) >= 11 is 0. The van der Waals surface area contributed by atoms with E-state index in [4.69, 9.17) is 0 Å². The Bertz CT molecular complexity index is 1490. The predicted octanol–water partition coefficient (Wildman–Crippen LogP) is 3.50. The number of aryl methyl sites for hydroxylation is 1. The Morgan fingerprint density at radius 3 is 2.39 bits per heavy atom. The van der Waals surface area contributed by atoms with Gasteiger partial charge in [0.1, 0.15) is 5.75 Å². The maximum atomic E-state index is 13.0. The van der Waals surface area contributed by atoms with Crippen molar-refractivity contribution >= 4 is 38.4 Å². The number of likely N-dealkylation sites (tertiary alicyclic amines) is 1. The number of anilines is 3. The van der Waals surface area contributed by atoms with Gasteiger partial charge in [0.15, 0.2) is 16.7 Å². The number of para-hydroxylation sites is 2. The van der Waals surface area contributed by atoms with Crippen LogP contribution in [0.3, 0.4) is 0 Å². The average molecular weight is 508 g/mol. The van der Waals surface area contributed by atoms with Gasteiger partial charge in [-0.25, -0.2) is 15.0 Å². The fraction of sp³-hybridized carbons (Fsp3) is 0.320. The number of aromatic hydroxyl groups is 1. The van der Waals surface area contributed by atoms with Crippen LogP contribution in [0.5, 0.6) is 5.75 Å². The molecule has 1 aliphatic rings. The largest absolute Gasteiger partial charge is 0.508 e. The van der Waals surface area contributed by atoms with E-state index in [9.17, 15) is 13.5 Å². The molecule has 0 radical (unpaired) electrons. The molecule has 0 unspecified atom stereocenters. The van der Waals surface area contributed by atoms with E-state index in [1.165, 1.54) is 12.5 Å². The van der Waals surface area contributed by atoms with Gasteiger partial charge >= 0.3 is 0 Å². The molecule has 36 heavy (non-hydrogen) atoms. The molecular weight excluding hydrogens is 478 g/mol. The quantitative estimate of drug-likeness (QED) is 0.347. The van der Waals surface area contributed by atoms with Crippen LogP contribution < -0.4 is 10.0 Å². The van der Waals surface area contributed by atoms with Gasteiger partial charge in [-0.05, 0) is 69.1 Å². The smallest absolute Gasteiger partial charge is 0.282 e. The van der Waals surface area contributed by atoms with Gasteiger partial charge in [0, 0.05) is 25.0 Å². The van der Waals surface area contributed by atoms with E-state index in [0.717, 1.165) is 37.9 Å². The number of sulfonamides is 1. The van der Waals surface area contributed by atoms with Gasteiger partial charge < -0.3 is 19.9 Å². The lowest BCUT2D eigenvalue weighted by Gasteiger charge is -2.29. The molecule has 188 valence electrons. The average Bonchev–Trinajstić information content (AvgIpc) is 3.30. The fourth-order valence-corrected chi connectivity index (χ4v) is 5.42. The summed E-state index contributed by atoms with van der Waals surface area (Å²) in [6.07, 6.45) is 5.87. The number of hydrogen-bond acceptors (Lipinski definition) is 8. The lowest BCUT2D eigenvalue weighted by molar-refractivity contribution is 0.219. The molecule has 0 aliphatic carbocycles. The van der Waals surface area contributed by atoms with Crippen molar-refractivity contribution in [3.05, 3.63) is 60.6 Å². The van der Waals surface area contributed by atoms with Gasteiger partial charge in [0.05, 0.1) is 17.4 Å². The molecule has 3 N–H and O–H groups in total. The van der Waals surface area contributed by atoms with Crippen molar-refractivity contribution in [1.82, 2.24) is 24.4 Å². The SMILES string of the molecule is CN1CCC(Cc2ccc(O)cc2Nc2nc3ccccc3nc2NS(=O)(=O)c2cn(C)cn2)CC1. The number of hydrogen-bond donors (Lipinski definition) is 3. The second kappa shape index (κ2) is 9.75. The summed E-state index contributed by atoms with van der Waals surface area (Å²) < 4.78 is 30.2. The first-order valence-corrected chi connectivity index (χ1v) is 13.3. The van der Waals surface area contributed by atoms with Crippen LogP contribution in [0, 0.1) is 5.92 Å². The van der Waals surface area contributed by atoms with E-state index in [1.807, 2.05) is 24.3 Å². The van der Waals surface area contributed by atoms with Crippen LogP contribution in [0.25, 0.3) is 11.0 Å². The van der Waals surface area contributed by atoms with Crippen LogP contribution in [0.4, 0.5) is 17.3 Å². The van der Waals surface area contributed by atoms with Gasteiger partial charge in [0.25, 0.3) is 10.0 Å². The highest BCUT2D eigenvalue weighted by molar-refractivity contribution is 7.92. The Hall–Kier alpha value is -3.70. The zero-order valence-electron chi connectivity index (χ0n) is 20.2. The highest BCUT2D eigenvalue weighted by Crippen LogP contribution is 2.32. The zero-order valence-corrected chi connectivity index (χ0v) is 21.0. The Labute approximate surface area is 210 Å². The number of phenols is 1. The topological polar surface area (TPSA) is 125 Å². The van der Waals surface area contributed by atoms with Gasteiger partial charge in [-0.1, -0.05) is 18.2 Å². The third kappa shape index (κ3) is 5.26. The van der Waals surface area contributed by atoms with Gasteiger partial charge in [-0.3, -0.25) is 4.72 Å². The third-order valence-corrected chi connectivity index (χ3v) is 7.67. The predicted molar refractivity (Wildman–Crippen MR) is 139 cm³/mol. The molecule has 10 nitrogen and oxygen atoms in total. The van der Waals surface area contributed by atoms with Gasteiger partial charge in [-0.2, -0.15) is 8.42 Å². The van der Waals surface area contributed by atoms with E-state index in [0.29, 0.717) is 22.6 Å². The molecule has 1 saturated heterocycles. The summed E-state index contributed by atoms with van der Waals surface area (Å²) in [7, 11) is -0.169. The molecule has 4 aromatic rings. The Morgan fingerprint density at radius 1 is 1.03 bits per heavy atom. The molecule has 0 saturated carbocycles. The van der Waals surface area contributed by atoms with Crippen LogP contribution in [0.15, 0.2) is 60.0 Å². The molecule has 0 bridgehead atoms. The molecule has 11 heteroatoms. The van der Waals surface area contributed by atoms with Crippen molar-refractivity contribution in [2.75, 3.05) is 30.2 Å². The molecular formula is C25H29N7O3S. The highest BCUT2D eigenvalue weighted by Gasteiger charge is 2.23. The normalized spacial score (nSPS) is 15.3. The fourth-order valence-electron chi connectivity index (χ4n) is 4.43. The van der Waals surface area contributed by atoms with Gasteiger partial charge in [0.2, 0.25) is 0 Å². The lowest BCUT2D eigenvalue weighted by Crippen LogP contribution is -2.31. The minimum Gasteiger partial charge on any atom is -0.508 e. The van der Waals surface area contributed by atoms with Crippen LogP contribution in [-0.2, 0) is 23.5 Å². The summed E-state index contributed by atoms with van der Waals surface area (Å²) in [6.45, 7) is 2.11. The molecule has 0 spiro atoms. The monoisotopic (exact) mass is 507 g/mol. The first kappa shape index (κ1) is 24.0. The second-order valence-electron chi connectivity index (χ2n) is 9.31. The van der Waals surface area contributed by atoms with E-state index in [1.54, 1.807) is 29.8 Å². The standard InChI is InChI=1S/C25H29N7O3S/c1-31-11-9-17(10-12-31)13-18-7-8-19(33)14-22(18)29-24-25(28-21-6-4-3-5-20(21)27-24)30-36(34,35)23-15-32(2)16-26-23/h3-8,14-17,33H,9-13H2,1-2H3,(H,27,29)(H,28,30). The zero-order chi connectivity index (χ0) is 25.3. The van der Waals surface area contributed by atoms with Crippen LogP contribution in [-0.4, -0.2) is 58.1 Å². The number of nitrogens with one attached hydrogen (secondary N) is 2. The Morgan fingerprint density at radius 2 is 1.72 bits per heavy atom. The van der Waals surface area contributed by atoms with Crippen LogP contribution >= 0.6 is 0 Å². The first-order chi connectivity index (χ1) is 17.3.